The zero-order chi connectivity index (χ0) is 23.5. The second kappa shape index (κ2) is 9.81. The molecule has 1 saturated carbocycles. The first-order valence-electron chi connectivity index (χ1n) is 11.9. The number of aryl methyl sites for hydroxylation is 1. The summed E-state index contributed by atoms with van der Waals surface area (Å²) in [6.07, 6.45) is 12.1. The van der Waals surface area contributed by atoms with Crippen molar-refractivity contribution in [3.63, 3.8) is 0 Å². The molecule has 0 unspecified atom stereocenters. The molecule has 1 aliphatic carbocycles. The van der Waals surface area contributed by atoms with Gasteiger partial charge >= 0.3 is 0 Å². The minimum atomic E-state index is 0.0574. The molecule has 1 aliphatic rings. The van der Waals surface area contributed by atoms with E-state index >= 15 is 0 Å². The summed E-state index contributed by atoms with van der Waals surface area (Å²) in [6.45, 7) is 4.97. The van der Waals surface area contributed by atoms with E-state index < -0.39 is 0 Å². The first kappa shape index (κ1) is 23.1. The fourth-order valence-electron chi connectivity index (χ4n) is 4.69. The smallest absolute Gasteiger partial charge is 0.273 e. The molecule has 0 saturated heterocycles. The van der Waals surface area contributed by atoms with Gasteiger partial charge in [0.1, 0.15) is 11.5 Å². The molecule has 0 bridgehead atoms. The third-order valence-electron chi connectivity index (χ3n) is 6.47. The predicted molar refractivity (Wildman–Crippen MR) is 135 cm³/mol. The molecule has 1 N–H and O–H groups in total. The summed E-state index contributed by atoms with van der Waals surface area (Å²) in [5.74, 6) is 1.91. The number of anilines is 2. The van der Waals surface area contributed by atoms with Crippen LogP contribution in [0.2, 0.25) is 0 Å². The highest BCUT2D eigenvalue weighted by Crippen LogP contribution is 2.34. The highest BCUT2D eigenvalue weighted by Gasteiger charge is 2.24. The third-order valence-corrected chi connectivity index (χ3v) is 6.47. The molecule has 0 aliphatic heterocycles. The van der Waals surface area contributed by atoms with Crippen LogP contribution < -0.4 is 15.8 Å². The summed E-state index contributed by atoms with van der Waals surface area (Å²) >= 11 is 0. The maximum Gasteiger partial charge on any atom is 0.273 e. The van der Waals surface area contributed by atoms with E-state index in [4.69, 9.17) is 0 Å². The molecule has 0 spiro atoms. The van der Waals surface area contributed by atoms with E-state index in [0.717, 1.165) is 42.6 Å². The minimum Gasteiger partial charge on any atom is -0.378 e. The van der Waals surface area contributed by atoms with Gasteiger partial charge in [-0.15, -0.1) is 0 Å². The summed E-state index contributed by atoms with van der Waals surface area (Å²) < 4.78 is 3.64. The van der Waals surface area contributed by atoms with Crippen molar-refractivity contribution in [1.82, 2.24) is 19.3 Å². The van der Waals surface area contributed by atoms with E-state index in [2.05, 4.69) is 41.4 Å². The number of nitrogens with one attached hydrogen (secondary N) is 1. The molecule has 3 aromatic heterocycles. The Morgan fingerprint density at radius 3 is 2.42 bits per heavy atom. The fourth-order valence-corrected chi connectivity index (χ4v) is 4.69. The van der Waals surface area contributed by atoms with Crippen LogP contribution in [-0.2, 0) is 13.6 Å². The Labute approximate surface area is 196 Å². The first-order chi connectivity index (χ1) is 15.8. The van der Waals surface area contributed by atoms with Gasteiger partial charge in [0.15, 0.2) is 0 Å². The van der Waals surface area contributed by atoms with Crippen molar-refractivity contribution < 1.29 is 0 Å². The van der Waals surface area contributed by atoms with Crippen LogP contribution in [-0.4, -0.2) is 39.5 Å². The van der Waals surface area contributed by atoms with Crippen molar-refractivity contribution in [1.29, 1.82) is 0 Å². The highest BCUT2D eigenvalue weighted by atomic mass is 16.1. The summed E-state index contributed by atoms with van der Waals surface area (Å²) in [5.41, 5.74) is 4.11. The van der Waals surface area contributed by atoms with Gasteiger partial charge < -0.3 is 14.8 Å². The number of hydrogen-bond donors (Lipinski definition) is 1. The molecule has 0 radical (unpaired) electrons. The SMILES string of the molecule is CC(C)Cn1cc(-c2cnn(C)c2)cc(NC2CCC(c3ccc(N(C)C)nc3)CC2)c1=O. The molecular weight excluding hydrogens is 412 g/mol. The third kappa shape index (κ3) is 5.46. The van der Waals surface area contributed by atoms with Crippen LogP contribution in [0, 0.1) is 5.92 Å². The largest absolute Gasteiger partial charge is 0.378 e. The predicted octanol–water partition coefficient (Wildman–Crippen LogP) is 4.50. The Bertz CT molecular complexity index is 1120. The minimum absolute atomic E-state index is 0.0574. The standard InChI is InChI=1S/C26H36N6O/c1-18(2)15-32-17-21(22-14-28-31(5)16-22)12-24(26(32)33)29-23-9-6-19(7-10-23)20-8-11-25(27-13-20)30(3)4/h8,11-14,16-19,23,29H,6-7,9-10,15H2,1-5H3. The van der Waals surface area contributed by atoms with Crippen molar-refractivity contribution in [2.24, 2.45) is 13.0 Å². The van der Waals surface area contributed by atoms with E-state index in [1.54, 1.807) is 4.68 Å². The summed E-state index contributed by atoms with van der Waals surface area (Å²) in [4.78, 5) is 19.8. The number of nitrogens with zero attached hydrogens (tertiary/aromatic N) is 5. The van der Waals surface area contributed by atoms with Gasteiger partial charge in [0, 0.05) is 63.4 Å². The Balaban J connectivity index is 1.49. The van der Waals surface area contributed by atoms with Gasteiger partial charge in [-0.3, -0.25) is 9.48 Å². The molecular formula is C26H36N6O. The lowest BCUT2D eigenvalue weighted by molar-refractivity contribution is 0.411. The van der Waals surface area contributed by atoms with Gasteiger partial charge in [-0.2, -0.15) is 5.10 Å². The van der Waals surface area contributed by atoms with Crippen molar-refractivity contribution in [3.8, 4) is 11.1 Å². The Hall–Kier alpha value is -3.09. The first-order valence-corrected chi connectivity index (χ1v) is 11.9. The monoisotopic (exact) mass is 448 g/mol. The van der Waals surface area contributed by atoms with Crippen molar-refractivity contribution in [2.75, 3.05) is 24.3 Å². The van der Waals surface area contributed by atoms with Crippen molar-refractivity contribution >= 4 is 11.5 Å². The number of aromatic nitrogens is 4. The van der Waals surface area contributed by atoms with E-state index in [1.807, 2.05) is 61.5 Å². The number of hydrogen-bond acceptors (Lipinski definition) is 5. The van der Waals surface area contributed by atoms with Gasteiger partial charge in [-0.1, -0.05) is 19.9 Å². The van der Waals surface area contributed by atoms with E-state index in [1.165, 1.54) is 5.56 Å². The van der Waals surface area contributed by atoms with Gasteiger partial charge in [0.2, 0.25) is 0 Å². The van der Waals surface area contributed by atoms with E-state index in [0.29, 0.717) is 30.1 Å². The normalized spacial score (nSPS) is 18.5. The Morgan fingerprint density at radius 2 is 1.85 bits per heavy atom. The fraction of sp³-hybridized carbons (Fsp3) is 0.500. The van der Waals surface area contributed by atoms with Gasteiger partial charge in [0.25, 0.3) is 5.56 Å². The average Bonchev–Trinajstić information content (AvgIpc) is 3.23. The molecule has 0 aromatic carbocycles. The molecule has 3 aromatic rings. The lowest BCUT2D eigenvalue weighted by Crippen LogP contribution is -2.31. The molecule has 3 heterocycles. The van der Waals surface area contributed by atoms with Crippen LogP contribution in [0.4, 0.5) is 11.5 Å². The summed E-state index contributed by atoms with van der Waals surface area (Å²) in [6, 6.07) is 6.61. The molecule has 7 nitrogen and oxygen atoms in total. The Kier molecular flexibility index (Phi) is 6.86. The topological polar surface area (TPSA) is 68.0 Å². The molecule has 0 amide bonds. The molecule has 4 rings (SSSR count). The lowest BCUT2D eigenvalue weighted by atomic mass is 9.82. The Morgan fingerprint density at radius 1 is 1.09 bits per heavy atom. The maximum absolute atomic E-state index is 13.2. The second-order valence-corrected chi connectivity index (χ2v) is 9.93. The second-order valence-electron chi connectivity index (χ2n) is 9.93. The number of rotatable bonds is 7. The highest BCUT2D eigenvalue weighted by molar-refractivity contribution is 5.65. The van der Waals surface area contributed by atoms with Crippen molar-refractivity contribution in [3.05, 3.63) is 58.9 Å². The van der Waals surface area contributed by atoms with Crippen LogP contribution in [0.25, 0.3) is 11.1 Å². The molecule has 33 heavy (non-hydrogen) atoms. The maximum atomic E-state index is 13.2. The van der Waals surface area contributed by atoms with Crippen LogP contribution >= 0.6 is 0 Å². The van der Waals surface area contributed by atoms with Crippen LogP contribution in [0.5, 0.6) is 0 Å². The molecule has 1 fully saturated rings. The van der Waals surface area contributed by atoms with Gasteiger partial charge in [0.05, 0.1) is 6.20 Å². The van der Waals surface area contributed by atoms with Crippen LogP contribution in [0.15, 0.2) is 47.8 Å². The molecule has 0 atom stereocenters. The van der Waals surface area contributed by atoms with Crippen LogP contribution in [0.1, 0.15) is 51.0 Å². The zero-order valence-corrected chi connectivity index (χ0v) is 20.5. The van der Waals surface area contributed by atoms with Gasteiger partial charge in [-0.25, -0.2) is 4.98 Å². The zero-order valence-electron chi connectivity index (χ0n) is 20.5. The van der Waals surface area contributed by atoms with E-state index in [-0.39, 0.29) is 5.56 Å². The molecule has 7 heteroatoms. The van der Waals surface area contributed by atoms with E-state index in [9.17, 15) is 4.79 Å². The average molecular weight is 449 g/mol. The van der Waals surface area contributed by atoms with Crippen molar-refractivity contribution in [2.45, 2.75) is 58.0 Å². The number of pyridine rings is 2. The van der Waals surface area contributed by atoms with Crippen LogP contribution in [0.3, 0.4) is 0 Å². The summed E-state index contributed by atoms with van der Waals surface area (Å²) in [7, 11) is 5.93. The lowest BCUT2D eigenvalue weighted by Gasteiger charge is -2.30. The van der Waals surface area contributed by atoms with Gasteiger partial charge in [-0.05, 0) is 55.2 Å². The molecule has 176 valence electrons. The summed E-state index contributed by atoms with van der Waals surface area (Å²) in [5, 5.41) is 7.90. The quantitative estimate of drug-likeness (QED) is 0.576.